The van der Waals surface area contributed by atoms with Crippen LogP contribution in [-0.4, -0.2) is 54.3 Å². The molecule has 3 aromatic heterocycles. The molecule has 4 aromatic rings. The Labute approximate surface area is 197 Å². The number of alkyl halides is 3. The van der Waals surface area contributed by atoms with Gasteiger partial charge in [-0.25, -0.2) is 4.98 Å². The van der Waals surface area contributed by atoms with Gasteiger partial charge >= 0.3 is 6.18 Å². The molecule has 7 nitrogen and oxygen atoms in total. The van der Waals surface area contributed by atoms with E-state index in [0.717, 1.165) is 18.0 Å². The molecule has 1 amide bonds. The Morgan fingerprint density at radius 3 is 2.65 bits per heavy atom. The molecule has 34 heavy (non-hydrogen) atoms. The summed E-state index contributed by atoms with van der Waals surface area (Å²) >= 11 is 1.45. The predicted octanol–water partition coefficient (Wildman–Crippen LogP) is 4.68. The maximum Gasteiger partial charge on any atom is 0.417 e. The lowest BCUT2D eigenvalue weighted by Gasteiger charge is -2.32. The van der Waals surface area contributed by atoms with Crippen LogP contribution in [-0.2, 0) is 6.18 Å². The minimum absolute atomic E-state index is 0.175. The van der Waals surface area contributed by atoms with Crippen LogP contribution in [0.5, 0.6) is 0 Å². The van der Waals surface area contributed by atoms with Crippen LogP contribution in [0, 0.1) is 0 Å². The summed E-state index contributed by atoms with van der Waals surface area (Å²) in [5, 5.41) is 8.92. The molecule has 11 heteroatoms. The minimum Gasteiger partial charge on any atom is -0.337 e. The fourth-order valence-corrected chi connectivity index (χ4v) is 4.89. The van der Waals surface area contributed by atoms with Gasteiger partial charge in [0.1, 0.15) is 11.5 Å². The molecule has 5 rings (SSSR count). The van der Waals surface area contributed by atoms with Crippen LogP contribution in [0.25, 0.3) is 11.3 Å². The molecule has 1 atom stereocenters. The van der Waals surface area contributed by atoms with Gasteiger partial charge in [-0.15, -0.1) is 10.2 Å². The number of hydrogen-bond acceptors (Lipinski definition) is 5. The molecule has 1 fully saturated rings. The number of fused-ring (bicyclic) bond motifs is 1. The lowest BCUT2D eigenvalue weighted by molar-refractivity contribution is -0.137. The number of halogens is 3. The summed E-state index contributed by atoms with van der Waals surface area (Å²) < 4.78 is 43.0. The molecular formula is C23H21F3N6OS. The monoisotopic (exact) mass is 486 g/mol. The zero-order valence-corrected chi connectivity index (χ0v) is 19.1. The Hall–Kier alpha value is -3.34. The highest BCUT2D eigenvalue weighted by molar-refractivity contribution is 7.98. The number of aromatic nitrogens is 5. The van der Waals surface area contributed by atoms with Crippen molar-refractivity contribution in [2.45, 2.75) is 30.1 Å². The molecule has 1 aliphatic rings. The third-order valence-electron chi connectivity index (χ3n) is 5.98. The lowest BCUT2D eigenvalue weighted by Crippen LogP contribution is -2.40. The first-order valence-corrected chi connectivity index (χ1v) is 12.0. The molecule has 1 unspecified atom stereocenters. The van der Waals surface area contributed by atoms with E-state index in [0.29, 0.717) is 48.3 Å². The van der Waals surface area contributed by atoms with Gasteiger partial charge in [0, 0.05) is 30.9 Å². The molecule has 0 aliphatic carbocycles. The molecule has 0 bridgehead atoms. The van der Waals surface area contributed by atoms with Crippen molar-refractivity contribution >= 4 is 23.3 Å². The number of likely N-dealkylation sites (tertiary alicyclic amines) is 1. The molecule has 1 aliphatic heterocycles. The van der Waals surface area contributed by atoms with E-state index in [9.17, 15) is 18.0 Å². The number of piperidine rings is 1. The lowest BCUT2D eigenvalue weighted by atomic mass is 9.97. The first-order chi connectivity index (χ1) is 16.4. The van der Waals surface area contributed by atoms with Crippen molar-refractivity contribution in [3.8, 4) is 5.69 Å². The van der Waals surface area contributed by atoms with Gasteiger partial charge in [-0.1, -0.05) is 30.0 Å². The Kier molecular flexibility index (Phi) is 5.80. The fraction of sp³-hybridized carbons (Fsp3) is 0.304. The average Bonchev–Trinajstić information content (AvgIpc) is 3.47. The summed E-state index contributed by atoms with van der Waals surface area (Å²) in [5.41, 5.74) is 0.866. The number of nitrogens with zero attached hydrogens (tertiary/aromatic N) is 6. The van der Waals surface area contributed by atoms with Crippen LogP contribution in [0.4, 0.5) is 13.2 Å². The highest BCUT2D eigenvalue weighted by Crippen LogP contribution is 2.32. The first kappa shape index (κ1) is 22.5. The second-order valence-electron chi connectivity index (χ2n) is 8.09. The van der Waals surface area contributed by atoms with Crippen LogP contribution < -0.4 is 0 Å². The predicted molar refractivity (Wildman–Crippen MR) is 121 cm³/mol. The van der Waals surface area contributed by atoms with Gasteiger partial charge in [0.15, 0.2) is 10.8 Å². The largest absolute Gasteiger partial charge is 0.417 e. The Bertz CT molecular complexity index is 1330. The van der Waals surface area contributed by atoms with E-state index < -0.39 is 11.7 Å². The highest BCUT2D eigenvalue weighted by Gasteiger charge is 2.33. The van der Waals surface area contributed by atoms with Gasteiger partial charge in [-0.2, -0.15) is 13.2 Å². The third-order valence-corrected chi connectivity index (χ3v) is 6.63. The van der Waals surface area contributed by atoms with Gasteiger partial charge < -0.3 is 4.90 Å². The van der Waals surface area contributed by atoms with Crippen LogP contribution in [0.1, 0.15) is 40.6 Å². The highest BCUT2D eigenvalue weighted by atomic mass is 32.2. The summed E-state index contributed by atoms with van der Waals surface area (Å²) in [5.74, 6) is 0.0235. The topological polar surface area (TPSA) is 68.3 Å². The first-order valence-electron chi connectivity index (χ1n) is 10.7. The SMILES string of the molecule is CSc1ncc(C(=O)N2CCCC(c3nnc4ccc(C(F)(F)F)cn34)C2)n1-c1ccccc1. The van der Waals surface area contributed by atoms with Crippen LogP contribution in [0.15, 0.2) is 60.0 Å². The standard InChI is InChI=1S/C23H21F3N6OS/c1-34-22-27-12-18(32(22)17-7-3-2-4-8-17)21(33)30-11-5-6-15(13-30)20-29-28-19-10-9-16(14-31(19)20)23(24,25)26/h2-4,7-10,12,14-15H,5-6,11,13H2,1H3. The van der Waals surface area contributed by atoms with Crippen molar-refractivity contribution in [1.29, 1.82) is 0 Å². The molecule has 0 spiro atoms. The molecule has 176 valence electrons. The van der Waals surface area contributed by atoms with Crippen molar-refractivity contribution in [1.82, 2.24) is 29.0 Å². The van der Waals surface area contributed by atoms with Crippen molar-refractivity contribution in [2.24, 2.45) is 0 Å². The number of imidazole rings is 1. The number of rotatable bonds is 4. The summed E-state index contributed by atoms with van der Waals surface area (Å²) in [7, 11) is 0. The van der Waals surface area contributed by atoms with Crippen molar-refractivity contribution in [3.05, 3.63) is 71.9 Å². The van der Waals surface area contributed by atoms with Gasteiger partial charge in [-0.3, -0.25) is 13.8 Å². The Morgan fingerprint density at radius 1 is 1.12 bits per heavy atom. The van der Waals surface area contributed by atoms with Gasteiger partial charge in [0.05, 0.1) is 11.8 Å². The van der Waals surface area contributed by atoms with Gasteiger partial charge in [0.2, 0.25) is 0 Å². The zero-order valence-electron chi connectivity index (χ0n) is 18.2. The quantitative estimate of drug-likeness (QED) is 0.392. The third kappa shape index (κ3) is 4.04. The molecular weight excluding hydrogens is 465 g/mol. The van der Waals surface area contributed by atoms with Crippen LogP contribution in [0.3, 0.4) is 0 Å². The van der Waals surface area contributed by atoms with Crippen molar-refractivity contribution < 1.29 is 18.0 Å². The molecule has 1 saturated heterocycles. The number of thioether (sulfide) groups is 1. The number of hydrogen-bond donors (Lipinski definition) is 0. The number of amides is 1. The maximum atomic E-state index is 13.6. The van der Waals surface area contributed by atoms with E-state index in [1.165, 1.54) is 22.2 Å². The molecule has 0 radical (unpaired) electrons. The minimum atomic E-state index is -4.46. The van der Waals surface area contributed by atoms with E-state index in [1.807, 2.05) is 41.2 Å². The molecule has 4 heterocycles. The second-order valence-corrected chi connectivity index (χ2v) is 8.87. The fourth-order valence-electron chi connectivity index (χ4n) is 4.35. The molecule has 0 N–H and O–H groups in total. The number of carbonyl (C=O) groups is 1. The second kappa shape index (κ2) is 8.79. The van der Waals surface area contributed by atoms with E-state index in [2.05, 4.69) is 15.2 Å². The van der Waals surface area contributed by atoms with Crippen LogP contribution >= 0.6 is 11.8 Å². The summed E-state index contributed by atoms with van der Waals surface area (Å²) in [6, 6.07) is 11.8. The molecule has 0 saturated carbocycles. The average molecular weight is 487 g/mol. The summed E-state index contributed by atoms with van der Waals surface area (Å²) in [4.78, 5) is 19.7. The zero-order chi connectivity index (χ0) is 23.9. The Morgan fingerprint density at radius 2 is 1.91 bits per heavy atom. The number of carbonyl (C=O) groups excluding carboxylic acids is 1. The van der Waals surface area contributed by atoms with E-state index >= 15 is 0 Å². The molecule has 1 aromatic carbocycles. The number of benzene rings is 1. The summed E-state index contributed by atoms with van der Waals surface area (Å²) in [6.45, 7) is 0.888. The van der Waals surface area contributed by atoms with Crippen LogP contribution in [0.2, 0.25) is 0 Å². The normalized spacial score (nSPS) is 16.8. The van der Waals surface area contributed by atoms with E-state index in [-0.39, 0.29) is 11.8 Å². The van der Waals surface area contributed by atoms with E-state index in [1.54, 1.807) is 11.1 Å². The smallest absolute Gasteiger partial charge is 0.337 e. The van der Waals surface area contributed by atoms with E-state index in [4.69, 9.17) is 0 Å². The van der Waals surface area contributed by atoms with Gasteiger partial charge in [-0.05, 0) is 43.4 Å². The maximum absolute atomic E-state index is 13.6. The van der Waals surface area contributed by atoms with Gasteiger partial charge in [0.25, 0.3) is 5.91 Å². The number of pyridine rings is 1. The number of para-hydroxylation sites is 1. The summed E-state index contributed by atoms with van der Waals surface area (Å²) in [6.07, 6.45) is 1.45. The van der Waals surface area contributed by atoms with Crippen molar-refractivity contribution in [2.75, 3.05) is 19.3 Å². The van der Waals surface area contributed by atoms with Crippen molar-refractivity contribution in [3.63, 3.8) is 0 Å². The Balaban J connectivity index is 1.45.